The Morgan fingerprint density at radius 3 is 2.32 bits per heavy atom. The molecule has 0 aromatic heterocycles. The van der Waals surface area contributed by atoms with Gasteiger partial charge in [0.15, 0.2) is 0 Å². The van der Waals surface area contributed by atoms with Crippen LogP contribution in [0.15, 0.2) is 30.3 Å². The molecule has 1 unspecified atom stereocenters. The van der Waals surface area contributed by atoms with Crippen molar-refractivity contribution < 1.29 is 24.2 Å². The molecule has 1 aromatic carbocycles. The second-order valence-corrected chi connectivity index (χ2v) is 5.88. The van der Waals surface area contributed by atoms with Gasteiger partial charge in [-0.25, -0.2) is 4.79 Å². The van der Waals surface area contributed by atoms with Gasteiger partial charge in [-0.15, -0.1) is 0 Å². The molecule has 0 aliphatic heterocycles. The molecule has 119 valence electrons. The molecular formula is C16H20NO5. The van der Waals surface area contributed by atoms with Crippen molar-refractivity contribution >= 4 is 18.3 Å². The maximum atomic E-state index is 11.7. The van der Waals surface area contributed by atoms with Crippen LogP contribution in [0.2, 0.25) is 0 Å². The number of hydrogen-bond acceptors (Lipinski definition) is 4. The van der Waals surface area contributed by atoms with Crippen molar-refractivity contribution in [1.29, 1.82) is 0 Å². The van der Waals surface area contributed by atoms with E-state index in [1.54, 1.807) is 51.3 Å². The van der Waals surface area contributed by atoms with Crippen LogP contribution < -0.4 is 5.32 Å². The Bertz CT molecular complexity index is 521. The Balaban J connectivity index is 2.81. The number of nitrogens with one attached hydrogen (secondary N) is 1. The van der Waals surface area contributed by atoms with Gasteiger partial charge < -0.3 is 15.2 Å². The molecule has 1 amide bonds. The highest BCUT2D eigenvalue weighted by atomic mass is 16.6. The molecule has 0 saturated carbocycles. The monoisotopic (exact) mass is 306 g/mol. The first-order chi connectivity index (χ1) is 10.2. The van der Waals surface area contributed by atoms with E-state index in [2.05, 4.69) is 5.32 Å². The number of aliphatic carboxylic acids is 1. The fourth-order valence-electron chi connectivity index (χ4n) is 1.86. The summed E-state index contributed by atoms with van der Waals surface area (Å²) in [4.78, 5) is 34.2. The van der Waals surface area contributed by atoms with Gasteiger partial charge in [-0.05, 0) is 32.8 Å². The fraction of sp³-hybridized carbons (Fsp3) is 0.438. The van der Waals surface area contributed by atoms with E-state index < -0.39 is 29.6 Å². The van der Waals surface area contributed by atoms with E-state index >= 15 is 0 Å². The quantitative estimate of drug-likeness (QED) is 0.837. The Morgan fingerprint density at radius 1 is 1.27 bits per heavy atom. The summed E-state index contributed by atoms with van der Waals surface area (Å²) in [6.07, 6.45) is 0.834. The maximum absolute atomic E-state index is 11.7. The molecule has 1 aromatic rings. The average molecular weight is 306 g/mol. The molecule has 2 atom stereocenters. The second kappa shape index (κ2) is 7.59. The molecule has 6 heteroatoms. The highest BCUT2D eigenvalue weighted by Gasteiger charge is 2.31. The number of hydrogen-bond donors (Lipinski definition) is 2. The summed E-state index contributed by atoms with van der Waals surface area (Å²) < 4.78 is 5.03. The predicted molar refractivity (Wildman–Crippen MR) is 80.1 cm³/mol. The molecule has 0 aliphatic rings. The van der Waals surface area contributed by atoms with Gasteiger partial charge in [-0.3, -0.25) is 9.59 Å². The minimum Gasteiger partial charge on any atom is -0.481 e. The molecule has 0 heterocycles. The molecule has 22 heavy (non-hydrogen) atoms. The number of alkyl carbamates (subject to hydrolysis) is 1. The van der Waals surface area contributed by atoms with Gasteiger partial charge in [-0.1, -0.05) is 30.3 Å². The Labute approximate surface area is 129 Å². The van der Waals surface area contributed by atoms with Gasteiger partial charge in [0.2, 0.25) is 6.29 Å². The van der Waals surface area contributed by atoms with E-state index in [1.165, 1.54) is 0 Å². The van der Waals surface area contributed by atoms with Crippen LogP contribution in [0.1, 0.15) is 26.3 Å². The molecule has 0 spiro atoms. The largest absolute Gasteiger partial charge is 0.481 e. The van der Waals surface area contributed by atoms with Crippen molar-refractivity contribution in [3.05, 3.63) is 35.9 Å². The van der Waals surface area contributed by atoms with E-state index in [1.807, 2.05) is 6.07 Å². The number of amides is 1. The minimum atomic E-state index is -1.28. The Hall–Kier alpha value is -2.37. The van der Waals surface area contributed by atoms with Crippen molar-refractivity contribution in [2.75, 3.05) is 0 Å². The van der Waals surface area contributed by atoms with Gasteiger partial charge >= 0.3 is 12.1 Å². The number of rotatable bonds is 6. The van der Waals surface area contributed by atoms with Crippen molar-refractivity contribution in [1.82, 2.24) is 5.32 Å². The average Bonchev–Trinajstić information content (AvgIpc) is 2.41. The Kier molecular flexibility index (Phi) is 6.10. The van der Waals surface area contributed by atoms with Crippen LogP contribution in [-0.4, -0.2) is 35.1 Å². The van der Waals surface area contributed by atoms with Crippen molar-refractivity contribution in [2.24, 2.45) is 5.92 Å². The molecular weight excluding hydrogens is 286 g/mol. The lowest BCUT2D eigenvalue weighted by Crippen LogP contribution is -2.47. The number of carbonyl (C=O) groups excluding carboxylic acids is 2. The topological polar surface area (TPSA) is 92.7 Å². The lowest BCUT2D eigenvalue weighted by Gasteiger charge is -2.23. The normalized spacial score (nSPS) is 13.8. The second-order valence-electron chi connectivity index (χ2n) is 5.88. The zero-order chi connectivity index (χ0) is 16.8. The van der Waals surface area contributed by atoms with E-state index in [-0.39, 0.29) is 6.42 Å². The van der Waals surface area contributed by atoms with E-state index in [0.29, 0.717) is 0 Å². The van der Waals surface area contributed by atoms with Crippen molar-refractivity contribution in [3.63, 3.8) is 0 Å². The highest BCUT2D eigenvalue weighted by Crippen LogP contribution is 2.14. The van der Waals surface area contributed by atoms with E-state index in [4.69, 9.17) is 4.74 Å². The number of ether oxygens (including phenoxy) is 1. The first-order valence-corrected chi connectivity index (χ1v) is 6.87. The third-order valence-electron chi connectivity index (χ3n) is 2.82. The maximum Gasteiger partial charge on any atom is 0.408 e. The van der Waals surface area contributed by atoms with Crippen molar-refractivity contribution in [3.8, 4) is 0 Å². The van der Waals surface area contributed by atoms with E-state index in [0.717, 1.165) is 5.56 Å². The highest BCUT2D eigenvalue weighted by molar-refractivity contribution is 5.81. The van der Waals surface area contributed by atoms with Crippen LogP contribution in [0, 0.1) is 5.92 Å². The van der Waals surface area contributed by atoms with Crippen LogP contribution in [0.3, 0.4) is 0 Å². The van der Waals surface area contributed by atoms with Crippen LogP contribution in [0.4, 0.5) is 4.79 Å². The SMILES string of the molecule is CC(C)(C)OC(=O)N[C@H]([C]=O)C(Cc1ccccc1)C(=O)O. The number of carboxylic acid groups (broad SMARTS) is 1. The summed E-state index contributed by atoms with van der Waals surface area (Å²) in [7, 11) is 0. The van der Waals surface area contributed by atoms with Crippen LogP contribution in [0.5, 0.6) is 0 Å². The molecule has 1 radical (unpaired) electrons. The van der Waals surface area contributed by atoms with Crippen LogP contribution >= 0.6 is 0 Å². The van der Waals surface area contributed by atoms with Gasteiger partial charge in [0.1, 0.15) is 11.6 Å². The van der Waals surface area contributed by atoms with E-state index in [9.17, 15) is 19.5 Å². The van der Waals surface area contributed by atoms with Gasteiger partial charge in [0, 0.05) is 0 Å². The summed E-state index contributed by atoms with van der Waals surface area (Å²) in [6.45, 7) is 5.01. The summed E-state index contributed by atoms with van der Waals surface area (Å²) >= 11 is 0. The smallest absolute Gasteiger partial charge is 0.408 e. The minimum absolute atomic E-state index is 0.103. The van der Waals surface area contributed by atoms with Gasteiger partial charge in [-0.2, -0.15) is 0 Å². The zero-order valence-corrected chi connectivity index (χ0v) is 12.8. The number of carbonyl (C=O) groups is 2. The predicted octanol–water partition coefficient (Wildman–Crippen LogP) is 1.93. The molecule has 0 fully saturated rings. The lowest BCUT2D eigenvalue weighted by atomic mass is 9.93. The molecule has 6 nitrogen and oxygen atoms in total. The standard InChI is InChI=1S/C16H20NO5/c1-16(2,3)22-15(21)17-13(10-18)12(14(19)20)9-11-7-5-4-6-8-11/h4-8,12-13H,9H2,1-3H3,(H,17,21)(H,19,20)/t12?,13-/m1/s1. The zero-order valence-electron chi connectivity index (χ0n) is 12.8. The molecule has 0 bridgehead atoms. The molecule has 1 rings (SSSR count). The fourth-order valence-corrected chi connectivity index (χ4v) is 1.86. The van der Waals surface area contributed by atoms with Crippen molar-refractivity contribution in [2.45, 2.75) is 38.8 Å². The number of benzene rings is 1. The first-order valence-electron chi connectivity index (χ1n) is 6.87. The third-order valence-corrected chi connectivity index (χ3v) is 2.82. The molecule has 2 N–H and O–H groups in total. The lowest BCUT2D eigenvalue weighted by molar-refractivity contribution is -0.142. The number of carboxylic acids is 1. The molecule has 0 aliphatic carbocycles. The first kappa shape index (κ1) is 17.7. The van der Waals surface area contributed by atoms with Crippen LogP contribution in [0.25, 0.3) is 0 Å². The summed E-state index contributed by atoms with van der Waals surface area (Å²) in [6, 6.07) is 7.58. The summed E-state index contributed by atoms with van der Waals surface area (Å²) in [5, 5.41) is 11.6. The summed E-state index contributed by atoms with van der Waals surface area (Å²) in [5.41, 5.74) is 0.0106. The van der Waals surface area contributed by atoms with Gasteiger partial charge in [0.05, 0.1) is 5.92 Å². The third kappa shape index (κ3) is 5.95. The van der Waals surface area contributed by atoms with Crippen LogP contribution in [-0.2, 0) is 20.7 Å². The Morgan fingerprint density at radius 2 is 1.86 bits per heavy atom. The molecule has 0 saturated heterocycles. The summed E-state index contributed by atoms with van der Waals surface area (Å²) in [5.74, 6) is -2.30. The van der Waals surface area contributed by atoms with Gasteiger partial charge in [0.25, 0.3) is 0 Å².